The number of nitrogens with one attached hydrogen (secondary N) is 1. The van der Waals surface area contributed by atoms with Gasteiger partial charge in [0.1, 0.15) is 24.1 Å². The highest BCUT2D eigenvalue weighted by atomic mass is 16.5. The Balaban J connectivity index is 2.19. The van der Waals surface area contributed by atoms with Crippen molar-refractivity contribution in [2.24, 2.45) is 16.1 Å². The molecule has 1 fully saturated rings. The van der Waals surface area contributed by atoms with Gasteiger partial charge in [0.05, 0.1) is 18.1 Å². The summed E-state index contributed by atoms with van der Waals surface area (Å²) in [5, 5.41) is 20.5. The summed E-state index contributed by atoms with van der Waals surface area (Å²) < 4.78 is 5.66. The molecule has 0 heterocycles. The van der Waals surface area contributed by atoms with Crippen LogP contribution in [0.1, 0.15) is 18.4 Å². The molecule has 2 rings (SSSR count). The molecule has 0 radical (unpaired) electrons. The van der Waals surface area contributed by atoms with Gasteiger partial charge in [-0.2, -0.15) is 5.26 Å². The second kappa shape index (κ2) is 7.84. The summed E-state index contributed by atoms with van der Waals surface area (Å²) in [6.45, 7) is -0.376. The van der Waals surface area contributed by atoms with Crippen molar-refractivity contribution in [1.29, 1.82) is 5.26 Å². The number of primary amides is 1. The average Bonchev–Trinajstić information content (AvgIpc) is 3.41. The van der Waals surface area contributed by atoms with Crippen LogP contribution in [0.3, 0.4) is 0 Å². The topological polar surface area (TPSA) is 164 Å². The Morgan fingerprint density at radius 2 is 2.19 bits per heavy atom. The second-order valence-corrected chi connectivity index (χ2v) is 6.11. The van der Waals surface area contributed by atoms with Gasteiger partial charge in [-0.25, -0.2) is 0 Å². The third kappa shape index (κ3) is 4.29. The van der Waals surface area contributed by atoms with Gasteiger partial charge in [-0.15, -0.1) is 0 Å². The first kappa shape index (κ1) is 19.2. The molecule has 2 amide bonds. The maximum Gasteiger partial charge on any atom is 0.270 e. The van der Waals surface area contributed by atoms with E-state index < -0.39 is 29.9 Å². The van der Waals surface area contributed by atoms with Crippen LogP contribution in [0.4, 0.5) is 5.69 Å². The average molecular weight is 359 g/mol. The van der Waals surface area contributed by atoms with Gasteiger partial charge in [-0.3, -0.25) is 14.6 Å². The van der Waals surface area contributed by atoms with Gasteiger partial charge in [0, 0.05) is 18.3 Å². The predicted molar refractivity (Wildman–Crippen MR) is 94.3 cm³/mol. The number of nitriles is 1. The zero-order valence-corrected chi connectivity index (χ0v) is 14.4. The van der Waals surface area contributed by atoms with E-state index >= 15 is 0 Å². The number of aliphatic hydroxyl groups excluding tert-OH is 1. The molecule has 0 spiro atoms. The number of aliphatic hydroxyl groups is 1. The monoisotopic (exact) mass is 359 g/mol. The van der Waals surface area contributed by atoms with E-state index in [1.54, 1.807) is 18.2 Å². The van der Waals surface area contributed by atoms with Crippen LogP contribution in [0.15, 0.2) is 23.2 Å². The summed E-state index contributed by atoms with van der Waals surface area (Å²) in [4.78, 5) is 27.5. The minimum Gasteiger partial charge on any atom is -0.492 e. The molecule has 0 bridgehead atoms. The lowest BCUT2D eigenvalue weighted by atomic mass is 10.1. The van der Waals surface area contributed by atoms with Crippen LogP contribution in [-0.4, -0.2) is 48.9 Å². The number of nitrogen functional groups attached to an aromatic ring is 1. The fraction of sp³-hybridized carbons (Fsp3) is 0.412. The number of nitrogens with zero attached hydrogens (tertiary/aromatic N) is 2. The minimum atomic E-state index is -1.23. The Kier molecular flexibility index (Phi) is 5.79. The molecule has 0 aromatic heterocycles. The Labute approximate surface area is 150 Å². The number of hydrogen-bond acceptors (Lipinski definition) is 7. The number of nitrogens with two attached hydrogens (primary N) is 2. The van der Waals surface area contributed by atoms with Crippen molar-refractivity contribution < 1.29 is 19.4 Å². The third-order valence-electron chi connectivity index (χ3n) is 4.16. The smallest absolute Gasteiger partial charge is 0.270 e. The van der Waals surface area contributed by atoms with Crippen LogP contribution >= 0.6 is 0 Å². The molecular formula is C17H21N5O4. The van der Waals surface area contributed by atoms with Crippen LogP contribution in [0.2, 0.25) is 0 Å². The Morgan fingerprint density at radius 1 is 1.50 bits per heavy atom. The normalized spacial score (nSPS) is 16.3. The second-order valence-electron chi connectivity index (χ2n) is 6.11. The summed E-state index contributed by atoms with van der Waals surface area (Å²) in [6.07, 6.45) is 1.59. The number of amides is 2. The molecule has 138 valence electrons. The molecule has 1 aliphatic carbocycles. The quantitative estimate of drug-likeness (QED) is 0.355. The Bertz CT molecular complexity index is 780. The van der Waals surface area contributed by atoms with Gasteiger partial charge in [-0.05, 0) is 31.0 Å². The molecule has 9 heteroatoms. The standard InChI is InChI=1S/C17H21N5O4/c1-21-14(16(25)22-13(7-23)15(20)24)11-6-10(2-3-12(11)19)26-9-17(8-18)4-5-17/h2-3,6,13,23H,4-5,7,9,19H2,1H3,(H2,20,24)(H,22,25)/t13-/m0/s1. The first-order valence-electron chi connectivity index (χ1n) is 7.97. The van der Waals surface area contributed by atoms with Crippen molar-refractivity contribution in [2.45, 2.75) is 18.9 Å². The van der Waals surface area contributed by atoms with E-state index in [9.17, 15) is 9.59 Å². The van der Waals surface area contributed by atoms with E-state index in [0.29, 0.717) is 11.3 Å². The van der Waals surface area contributed by atoms with Gasteiger partial charge < -0.3 is 26.6 Å². The maximum atomic E-state index is 12.4. The number of ether oxygens (including phenoxy) is 1. The van der Waals surface area contributed by atoms with E-state index in [-0.39, 0.29) is 18.0 Å². The zero-order valence-electron chi connectivity index (χ0n) is 14.4. The molecule has 0 unspecified atom stereocenters. The van der Waals surface area contributed by atoms with E-state index in [0.717, 1.165) is 12.8 Å². The maximum absolute atomic E-state index is 12.4. The van der Waals surface area contributed by atoms with E-state index in [4.69, 9.17) is 26.6 Å². The molecule has 9 nitrogen and oxygen atoms in total. The van der Waals surface area contributed by atoms with Crippen LogP contribution in [-0.2, 0) is 9.59 Å². The van der Waals surface area contributed by atoms with Gasteiger partial charge in [0.25, 0.3) is 5.91 Å². The lowest BCUT2D eigenvalue weighted by Crippen LogP contribution is -2.49. The minimum absolute atomic E-state index is 0.0333. The van der Waals surface area contributed by atoms with Crippen molar-refractivity contribution in [3.05, 3.63) is 23.8 Å². The van der Waals surface area contributed by atoms with Crippen molar-refractivity contribution in [1.82, 2.24) is 5.32 Å². The van der Waals surface area contributed by atoms with Crippen molar-refractivity contribution in [2.75, 3.05) is 26.0 Å². The molecule has 6 N–H and O–H groups in total. The van der Waals surface area contributed by atoms with E-state index in [2.05, 4.69) is 16.4 Å². The largest absolute Gasteiger partial charge is 0.492 e. The van der Waals surface area contributed by atoms with Gasteiger partial charge in [0.15, 0.2) is 0 Å². The molecule has 1 aliphatic rings. The number of benzene rings is 1. The highest BCUT2D eigenvalue weighted by molar-refractivity contribution is 6.46. The Morgan fingerprint density at radius 3 is 2.69 bits per heavy atom. The Hall–Kier alpha value is -3.12. The number of carbonyl (C=O) groups is 2. The number of aliphatic imine (C=N–C) groups is 1. The molecule has 1 aromatic carbocycles. The summed E-state index contributed by atoms with van der Waals surface area (Å²) >= 11 is 0. The van der Waals surface area contributed by atoms with Gasteiger partial charge in [0.2, 0.25) is 5.91 Å². The molecule has 1 saturated carbocycles. The third-order valence-corrected chi connectivity index (χ3v) is 4.16. The molecule has 26 heavy (non-hydrogen) atoms. The highest BCUT2D eigenvalue weighted by Crippen LogP contribution is 2.45. The first-order valence-corrected chi connectivity index (χ1v) is 7.97. The summed E-state index contributed by atoms with van der Waals surface area (Å²) in [6, 6.07) is 5.75. The van der Waals surface area contributed by atoms with Gasteiger partial charge >= 0.3 is 0 Å². The molecule has 1 aromatic rings. The summed E-state index contributed by atoms with van der Waals surface area (Å²) in [5.41, 5.74) is 11.2. The van der Waals surface area contributed by atoms with Crippen LogP contribution < -0.4 is 21.5 Å². The van der Waals surface area contributed by atoms with Crippen LogP contribution in [0.5, 0.6) is 5.75 Å². The number of hydrogen-bond donors (Lipinski definition) is 4. The lowest BCUT2D eigenvalue weighted by Gasteiger charge is -2.16. The van der Waals surface area contributed by atoms with Crippen LogP contribution in [0, 0.1) is 16.7 Å². The van der Waals surface area contributed by atoms with Crippen molar-refractivity contribution in [3.8, 4) is 11.8 Å². The number of rotatable bonds is 8. The lowest BCUT2D eigenvalue weighted by molar-refractivity contribution is -0.125. The number of anilines is 1. The number of carbonyl (C=O) groups excluding carboxylic acids is 2. The highest BCUT2D eigenvalue weighted by Gasteiger charge is 2.44. The van der Waals surface area contributed by atoms with Gasteiger partial charge in [-0.1, -0.05) is 0 Å². The summed E-state index contributed by atoms with van der Waals surface area (Å²) in [7, 11) is 1.40. The SMILES string of the molecule is CN=C(C(=O)N[C@@H](CO)C(N)=O)c1cc(OCC2(C#N)CC2)ccc1N. The van der Waals surface area contributed by atoms with Crippen LogP contribution in [0.25, 0.3) is 0 Å². The fourth-order valence-electron chi connectivity index (χ4n) is 2.27. The molecule has 0 saturated heterocycles. The molecular weight excluding hydrogens is 338 g/mol. The van der Waals surface area contributed by atoms with Crippen molar-refractivity contribution >= 4 is 23.2 Å². The molecule has 0 aliphatic heterocycles. The van der Waals surface area contributed by atoms with E-state index in [1.807, 2.05) is 0 Å². The first-order chi connectivity index (χ1) is 12.4. The predicted octanol–water partition coefficient (Wildman–Crippen LogP) is -0.667. The van der Waals surface area contributed by atoms with E-state index in [1.165, 1.54) is 7.05 Å². The molecule has 1 atom stereocenters. The fourth-order valence-corrected chi connectivity index (χ4v) is 2.27. The summed E-state index contributed by atoms with van der Waals surface area (Å²) in [5.74, 6) is -1.13. The zero-order chi connectivity index (χ0) is 19.3. The van der Waals surface area contributed by atoms with Crippen molar-refractivity contribution in [3.63, 3.8) is 0 Å².